The summed E-state index contributed by atoms with van der Waals surface area (Å²) in [5.41, 5.74) is 7.26. The molecule has 0 radical (unpaired) electrons. The van der Waals surface area contributed by atoms with Crippen molar-refractivity contribution < 1.29 is 9.13 Å². The van der Waals surface area contributed by atoms with Gasteiger partial charge < -0.3 is 10.5 Å². The zero-order chi connectivity index (χ0) is 13.8. The fraction of sp³-hybridized carbons (Fsp3) is 0.200. The summed E-state index contributed by atoms with van der Waals surface area (Å²) in [4.78, 5) is 0. The molecule has 2 nitrogen and oxygen atoms in total. The van der Waals surface area contributed by atoms with Crippen LogP contribution in [-0.2, 0) is 6.42 Å². The van der Waals surface area contributed by atoms with Crippen LogP contribution in [0.3, 0.4) is 0 Å². The highest BCUT2D eigenvalue weighted by molar-refractivity contribution is 9.10. The molecule has 2 N–H and O–H groups in total. The second-order valence-corrected chi connectivity index (χ2v) is 5.19. The highest BCUT2D eigenvalue weighted by atomic mass is 79.9. The topological polar surface area (TPSA) is 35.2 Å². The van der Waals surface area contributed by atoms with Gasteiger partial charge in [-0.3, -0.25) is 0 Å². The van der Waals surface area contributed by atoms with Crippen molar-refractivity contribution in [3.63, 3.8) is 0 Å². The Morgan fingerprint density at radius 1 is 1.26 bits per heavy atom. The van der Waals surface area contributed by atoms with Gasteiger partial charge in [0, 0.05) is 4.47 Å². The minimum atomic E-state index is -0.367. The first-order valence-corrected chi connectivity index (χ1v) is 6.82. The summed E-state index contributed by atoms with van der Waals surface area (Å²) in [6, 6.07) is 10.5. The molecule has 0 fully saturated rings. The first-order valence-electron chi connectivity index (χ1n) is 6.03. The molecular formula is C15H15BrFNO. The number of nitrogens with two attached hydrogens (primary N) is 1. The van der Waals surface area contributed by atoms with Gasteiger partial charge in [-0.25, -0.2) is 4.39 Å². The summed E-state index contributed by atoms with van der Waals surface area (Å²) in [6.07, 6.45) is 0.586. The second-order valence-electron chi connectivity index (χ2n) is 4.28. The minimum Gasteiger partial charge on any atom is -0.454 e. The largest absolute Gasteiger partial charge is 0.454 e. The fourth-order valence-electron chi connectivity index (χ4n) is 1.86. The zero-order valence-corrected chi connectivity index (χ0v) is 12.2. The van der Waals surface area contributed by atoms with Crippen molar-refractivity contribution in [1.82, 2.24) is 0 Å². The second kappa shape index (κ2) is 6.17. The Morgan fingerprint density at radius 2 is 2.05 bits per heavy atom. The molecule has 0 aliphatic rings. The molecular weight excluding hydrogens is 309 g/mol. The minimum absolute atomic E-state index is 0.262. The van der Waals surface area contributed by atoms with Gasteiger partial charge in [0.15, 0.2) is 11.6 Å². The van der Waals surface area contributed by atoms with Crippen molar-refractivity contribution in [2.75, 3.05) is 6.54 Å². The van der Waals surface area contributed by atoms with E-state index in [2.05, 4.69) is 15.9 Å². The van der Waals surface area contributed by atoms with E-state index in [9.17, 15) is 4.39 Å². The highest BCUT2D eigenvalue weighted by Gasteiger charge is 2.11. The molecule has 2 aromatic carbocycles. The summed E-state index contributed by atoms with van der Waals surface area (Å²) >= 11 is 3.39. The van der Waals surface area contributed by atoms with Gasteiger partial charge in [0.2, 0.25) is 0 Å². The third kappa shape index (κ3) is 3.33. The van der Waals surface area contributed by atoms with Crippen LogP contribution in [0.15, 0.2) is 40.9 Å². The van der Waals surface area contributed by atoms with Crippen molar-refractivity contribution in [3.05, 3.63) is 57.8 Å². The molecule has 0 aliphatic carbocycles. The summed E-state index contributed by atoms with van der Waals surface area (Å²) in [6.45, 7) is 2.38. The van der Waals surface area contributed by atoms with Crippen molar-refractivity contribution in [1.29, 1.82) is 0 Å². The van der Waals surface area contributed by atoms with Gasteiger partial charge in [0.05, 0.1) is 0 Å². The molecule has 0 saturated carbocycles. The fourth-order valence-corrected chi connectivity index (χ4v) is 2.33. The van der Waals surface area contributed by atoms with Crippen LogP contribution in [-0.4, -0.2) is 6.54 Å². The zero-order valence-electron chi connectivity index (χ0n) is 10.6. The van der Waals surface area contributed by atoms with Crippen molar-refractivity contribution in [2.45, 2.75) is 13.3 Å². The number of rotatable bonds is 4. The monoisotopic (exact) mass is 323 g/mol. The molecule has 0 aliphatic heterocycles. The predicted molar refractivity (Wildman–Crippen MR) is 78.1 cm³/mol. The van der Waals surface area contributed by atoms with Crippen LogP contribution in [0.25, 0.3) is 0 Å². The summed E-state index contributed by atoms with van der Waals surface area (Å²) < 4.78 is 20.6. The van der Waals surface area contributed by atoms with Crippen LogP contribution in [0.1, 0.15) is 11.1 Å². The van der Waals surface area contributed by atoms with Gasteiger partial charge >= 0.3 is 0 Å². The lowest BCUT2D eigenvalue weighted by Gasteiger charge is -2.13. The molecule has 0 spiro atoms. The molecule has 4 heteroatoms. The Kier molecular flexibility index (Phi) is 4.56. The van der Waals surface area contributed by atoms with Crippen LogP contribution in [0, 0.1) is 12.7 Å². The lowest BCUT2D eigenvalue weighted by atomic mass is 10.1. The molecule has 2 rings (SSSR count). The molecule has 100 valence electrons. The maximum absolute atomic E-state index is 13.9. The molecule has 0 aromatic heterocycles. The van der Waals surface area contributed by atoms with E-state index in [1.165, 1.54) is 6.07 Å². The van der Waals surface area contributed by atoms with Crippen molar-refractivity contribution in [2.24, 2.45) is 5.73 Å². The lowest BCUT2D eigenvalue weighted by molar-refractivity contribution is 0.433. The molecule has 2 aromatic rings. The maximum atomic E-state index is 13.9. The number of benzene rings is 2. The Morgan fingerprint density at radius 3 is 2.74 bits per heavy atom. The lowest BCUT2D eigenvalue weighted by Crippen LogP contribution is -2.05. The number of halogens is 2. The first-order chi connectivity index (χ1) is 9.11. The quantitative estimate of drug-likeness (QED) is 0.915. The van der Waals surface area contributed by atoms with E-state index in [0.29, 0.717) is 18.7 Å². The molecule has 0 bridgehead atoms. The molecule has 19 heavy (non-hydrogen) atoms. The average Bonchev–Trinajstić information content (AvgIpc) is 2.36. The van der Waals surface area contributed by atoms with Crippen LogP contribution in [0.5, 0.6) is 11.5 Å². The SMILES string of the molecule is Cc1cc(Br)ccc1Oc1c(F)cccc1CCN. The normalized spacial score (nSPS) is 10.5. The Labute approximate surface area is 120 Å². The van der Waals surface area contributed by atoms with Gasteiger partial charge in [-0.2, -0.15) is 0 Å². The van der Waals surface area contributed by atoms with E-state index < -0.39 is 0 Å². The standard InChI is InChI=1S/C15H15BrFNO/c1-10-9-12(16)5-6-14(10)19-15-11(7-8-18)3-2-4-13(15)17/h2-6,9H,7-8,18H2,1H3. The van der Waals surface area contributed by atoms with Gasteiger partial charge in [-0.05, 0) is 55.3 Å². The van der Waals surface area contributed by atoms with Gasteiger partial charge in [0.1, 0.15) is 5.75 Å². The summed E-state index contributed by atoms with van der Waals surface area (Å²) in [5, 5.41) is 0. The average molecular weight is 324 g/mol. The first kappa shape index (κ1) is 14.0. The van der Waals surface area contributed by atoms with E-state index in [1.807, 2.05) is 31.2 Å². The highest BCUT2D eigenvalue weighted by Crippen LogP contribution is 2.31. The third-order valence-corrected chi connectivity index (χ3v) is 3.30. The molecule has 0 heterocycles. The number of ether oxygens (including phenoxy) is 1. The van der Waals surface area contributed by atoms with Crippen LogP contribution in [0.4, 0.5) is 4.39 Å². The number of para-hydroxylation sites is 1. The summed E-state index contributed by atoms with van der Waals surface area (Å²) in [5.74, 6) is 0.540. The van der Waals surface area contributed by atoms with Crippen LogP contribution < -0.4 is 10.5 Å². The van der Waals surface area contributed by atoms with E-state index in [0.717, 1.165) is 15.6 Å². The smallest absolute Gasteiger partial charge is 0.166 e. The summed E-state index contributed by atoms with van der Waals surface area (Å²) in [7, 11) is 0. The van der Waals surface area contributed by atoms with Crippen molar-refractivity contribution >= 4 is 15.9 Å². The Bertz CT molecular complexity index is 586. The van der Waals surface area contributed by atoms with E-state index in [-0.39, 0.29) is 11.6 Å². The predicted octanol–water partition coefficient (Wildman–Crippen LogP) is 4.19. The Balaban J connectivity index is 2.37. The molecule has 0 amide bonds. The van der Waals surface area contributed by atoms with Gasteiger partial charge in [0.25, 0.3) is 0 Å². The molecule has 0 atom stereocenters. The Hall–Kier alpha value is -1.39. The van der Waals surface area contributed by atoms with Crippen LogP contribution >= 0.6 is 15.9 Å². The van der Waals surface area contributed by atoms with E-state index >= 15 is 0 Å². The maximum Gasteiger partial charge on any atom is 0.166 e. The molecule has 0 saturated heterocycles. The third-order valence-electron chi connectivity index (χ3n) is 2.81. The van der Waals surface area contributed by atoms with Gasteiger partial charge in [-0.1, -0.05) is 28.1 Å². The number of hydrogen-bond donors (Lipinski definition) is 1. The van der Waals surface area contributed by atoms with Gasteiger partial charge in [-0.15, -0.1) is 0 Å². The number of hydrogen-bond acceptors (Lipinski definition) is 2. The number of aryl methyl sites for hydroxylation is 1. The van der Waals surface area contributed by atoms with E-state index in [1.54, 1.807) is 6.07 Å². The molecule has 0 unspecified atom stereocenters. The van der Waals surface area contributed by atoms with Crippen LogP contribution in [0.2, 0.25) is 0 Å². The van der Waals surface area contributed by atoms with Crippen molar-refractivity contribution in [3.8, 4) is 11.5 Å². The van der Waals surface area contributed by atoms with E-state index in [4.69, 9.17) is 10.5 Å².